The fraction of sp³-hybridized carbons (Fsp3) is 0.500. The van der Waals surface area contributed by atoms with Crippen molar-refractivity contribution >= 4 is 28.7 Å². The third-order valence-corrected chi connectivity index (χ3v) is 4.20. The molecule has 106 valence electrons. The van der Waals surface area contributed by atoms with Gasteiger partial charge >= 0.3 is 6.09 Å². The Morgan fingerprint density at radius 2 is 2.11 bits per heavy atom. The summed E-state index contributed by atoms with van der Waals surface area (Å²) in [4.78, 5) is 10.8. The number of nitrogens with two attached hydrogens (primary N) is 1. The number of hydrogen-bond donors (Lipinski definition) is 1. The van der Waals surface area contributed by atoms with Crippen molar-refractivity contribution in [3.63, 3.8) is 0 Å². The van der Waals surface area contributed by atoms with Gasteiger partial charge in [-0.1, -0.05) is 25.1 Å². The van der Waals surface area contributed by atoms with Crippen molar-refractivity contribution in [1.82, 2.24) is 0 Å². The van der Waals surface area contributed by atoms with Crippen molar-refractivity contribution < 1.29 is 14.3 Å². The van der Waals surface area contributed by atoms with E-state index >= 15 is 0 Å². The van der Waals surface area contributed by atoms with Gasteiger partial charge in [0.05, 0.1) is 5.60 Å². The normalized spacial score (nSPS) is 15.6. The predicted molar refractivity (Wildman–Crippen MR) is 82.9 cm³/mol. The minimum atomic E-state index is -0.753. The smallest absolute Gasteiger partial charge is 0.404 e. The zero-order chi connectivity index (χ0) is 14.5. The van der Waals surface area contributed by atoms with Crippen LogP contribution in [0.1, 0.15) is 32.3 Å². The van der Waals surface area contributed by atoms with Crippen LogP contribution in [0.25, 0.3) is 0 Å². The van der Waals surface area contributed by atoms with Crippen LogP contribution in [0.4, 0.5) is 4.79 Å². The van der Waals surface area contributed by atoms with Crippen LogP contribution in [0, 0.1) is 3.57 Å². The number of carbonyl (C=O) groups is 1. The summed E-state index contributed by atoms with van der Waals surface area (Å²) in [6.07, 6.45) is 0.309. The van der Waals surface area contributed by atoms with Crippen molar-refractivity contribution in [2.45, 2.75) is 38.4 Å². The molecular formula is C14H20INO3. The maximum atomic E-state index is 10.8. The third kappa shape index (κ3) is 4.07. The molecule has 0 aliphatic carbocycles. The summed E-state index contributed by atoms with van der Waals surface area (Å²) in [6.45, 7) is 3.88. The second-order valence-electron chi connectivity index (χ2n) is 4.48. The molecule has 1 amide bonds. The Bertz CT molecular complexity index is 432. The van der Waals surface area contributed by atoms with Crippen LogP contribution in [0.2, 0.25) is 0 Å². The molecule has 5 heteroatoms. The first-order valence-electron chi connectivity index (χ1n) is 6.21. The second-order valence-corrected chi connectivity index (χ2v) is 5.65. The molecule has 1 aromatic carbocycles. The second kappa shape index (κ2) is 7.09. The van der Waals surface area contributed by atoms with E-state index in [2.05, 4.69) is 29.5 Å². The lowest BCUT2D eigenvalue weighted by Gasteiger charge is -2.34. The Morgan fingerprint density at radius 1 is 1.47 bits per heavy atom. The zero-order valence-corrected chi connectivity index (χ0v) is 13.6. The van der Waals surface area contributed by atoms with Gasteiger partial charge in [-0.2, -0.15) is 0 Å². The number of primary amides is 1. The number of methoxy groups -OCH3 is 1. The molecule has 0 bridgehead atoms. The highest BCUT2D eigenvalue weighted by atomic mass is 127. The number of hydrogen-bond acceptors (Lipinski definition) is 3. The summed E-state index contributed by atoms with van der Waals surface area (Å²) >= 11 is 2.29. The Kier molecular flexibility index (Phi) is 6.06. The Hall–Kier alpha value is -0.820. The monoisotopic (exact) mass is 377 g/mol. The van der Waals surface area contributed by atoms with Crippen molar-refractivity contribution in [2.24, 2.45) is 5.73 Å². The Morgan fingerprint density at radius 3 is 2.58 bits per heavy atom. The SMILES string of the molecule is CC[C@@](CC(C)OC(N)=O)(OC)c1ccccc1I. The maximum absolute atomic E-state index is 10.8. The van der Waals surface area contributed by atoms with Gasteiger partial charge in [0.15, 0.2) is 0 Å². The first kappa shape index (κ1) is 16.2. The molecular weight excluding hydrogens is 357 g/mol. The van der Waals surface area contributed by atoms with Gasteiger partial charge in [-0.25, -0.2) is 4.79 Å². The number of amides is 1. The lowest BCUT2D eigenvalue weighted by molar-refractivity contribution is -0.0538. The zero-order valence-electron chi connectivity index (χ0n) is 11.5. The minimum Gasteiger partial charge on any atom is -0.447 e. The third-order valence-electron chi connectivity index (χ3n) is 3.26. The van der Waals surface area contributed by atoms with E-state index in [-0.39, 0.29) is 6.10 Å². The molecule has 0 radical (unpaired) electrons. The van der Waals surface area contributed by atoms with Crippen LogP contribution in [0.15, 0.2) is 24.3 Å². The van der Waals surface area contributed by atoms with E-state index in [1.165, 1.54) is 0 Å². The quantitative estimate of drug-likeness (QED) is 0.773. The molecule has 1 unspecified atom stereocenters. The molecule has 0 aliphatic rings. The first-order chi connectivity index (χ1) is 8.95. The Labute approximate surface area is 127 Å². The summed E-state index contributed by atoms with van der Waals surface area (Å²) in [5.74, 6) is 0. The van der Waals surface area contributed by atoms with Gasteiger partial charge in [-0.05, 0) is 47.6 Å². The van der Waals surface area contributed by atoms with E-state index in [9.17, 15) is 4.79 Å². The van der Waals surface area contributed by atoms with Gasteiger partial charge in [-0.15, -0.1) is 0 Å². The number of ether oxygens (including phenoxy) is 2. The van der Waals surface area contributed by atoms with Crippen LogP contribution in [-0.2, 0) is 15.1 Å². The fourth-order valence-corrected chi connectivity index (χ4v) is 3.20. The lowest BCUT2D eigenvalue weighted by Crippen LogP contribution is -2.35. The van der Waals surface area contributed by atoms with Crippen molar-refractivity contribution in [3.8, 4) is 0 Å². The van der Waals surface area contributed by atoms with Gasteiger partial charge in [0.25, 0.3) is 0 Å². The Balaban J connectivity index is 3.04. The molecule has 0 saturated carbocycles. The van der Waals surface area contributed by atoms with E-state index in [1.54, 1.807) is 7.11 Å². The summed E-state index contributed by atoms with van der Waals surface area (Å²) in [5, 5.41) is 0. The van der Waals surface area contributed by atoms with Crippen LogP contribution in [-0.4, -0.2) is 19.3 Å². The first-order valence-corrected chi connectivity index (χ1v) is 7.29. The van der Waals surface area contributed by atoms with Crippen LogP contribution < -0.4 is 5.73 Å². The molecule has 0 aliphatic heterocycles. The van der Waals surface area contributed by atoms with Crippen LogP contribution in [0.3, 0.4) is 0 Å². The molecule has 2 N–H and O–H groups in total. The summed E-state index contributed by atoms with van der Waals surface area (Å²) < 4.78 is 11.9. The number of rotatable bonds is 6. The largest absolute Gasteiger partial charge is 0.447 e. The van der Waals surface area contributed by atoms with E-state index in [0.29, 0.717) is 6.42 Å². The van der Waals surface area contributed by atoms with Gasteiger partial charge in [0.2, 0.25) is 0 Å². The summed E-state index contributed by atoms with van der Waals surface area (Å²) in [7, 11) is 1.68. The number of carbonyl (C=O) groups excluding carboxylic acids is 1. The summed E-state index contributed by atoms with van der Waals surface area (Å²) in [6, 6.07) is 8.07. The van der Waals surface area contributed by atoms with Crippen molar-refractivity contribution in [2.75, 3.05) is 7.11 Å². The molecule has 0 aromatic heterocycles. The molecule has 0 saturated heterocycles. The van der Waals surface area contributed by atoms with Crippen LogP contribution in [0.5, 0.6) is 0 Å². The lowest BCUT2D eigenvalue weighted by atomic mass is 9.85. The highest BCUT2D eigenvalue weighted by Crippen LogP contribution is 2.36. The predicted octanol–water partition coefficient (Wildman–Crippen LogP) is 3.42. The number of halogens is 1. The van der Waals surface area contributed by atoms with E-state index in [4.69, 9.17) is 15.2 Å². The molecule has 2 atom stereocenters. The van der Waals surface area contributed by atoms with E-state index < -0.39 is 11.7 Å². The molecule has 19 heavy (non-hydrogen) atoms. The highest BCUT2D eigenvalue weighted by Gasteiger charge is 2.34. The van der Waals surface area contributed by atoms with Crippen molar-refractivity contribution in [1.29, 1.82) is 0 Å². The molecule has 0 spiro atoms. The van der Waals surface area contributed by atoms with Gasteiger partial charge in [0, 0.05) is 17.1 Å². The molecule has 0 fully saturated rings. The molecule has 4 nitrogen and oxygen atoms in total. The molecule has 1 rings (SSSR count). The van der Waals surface area contributed by atoms with E-state index in [0.717, 1.165) is 15.6 Å². The average molecular weight is 377 g/mol. The average Bonchev–Trinajstić information content (AvgIpc) is 2.36. The van der Waals surface area contributed by atoms with Gasteiger partial charge in [0.1, 0.15) is 6.10 Å². The number of benzene rings is 1. The highest BCUT2D eigenvalue weighted by molar-refractivity contribution is 14.1. The van der Waals surface area contributed by atoms with Crippen LogP contribution >= 0.6 is 22.6 Å². The van der Waals surface area contributed by atoms with Gasteiger partial charge < -0.3 is 15.2 Å². The standard InChI is InChI=1S/C14H20INO3/c1-4-14(18-3,9-10(2)19-13(16)17)11-7-5-6-8-12(11)15/h5-8,10H,4,9H2,1-3H3,(H2,16,17)/t10?,14-/m0/s1. The fourth-order valence-electron chi connectivity index (χ4n) is 2.32. The van der Waals surface area contributed by atoms with Gasteiger partial charge in [-0.3, -0.25) is 0 Å². The minimum absolute atomic E-state index is 0.298. The summed E-state index contributed by atoms with van der Waals surface area (Å²) in [5.41, 5.74) is 5.71. The molecule has 0 heterocycles. The molecule has 1 aromatic rings. The maximum Gasteiger partial charge on any atom is 0.404 e. The van der Waals surface area contributed by atoms with E-state index in [1.807, 2.05) is 31.2 Å². The topological polar surface area (TPSA) is 61.5 Å². The van der Waals surface area contributed by atoms with Crippen molar-refractivity contribution in [3.05, 3.63) is 33.4 Å².